The number of carbonyl (C=O) groups is 2. The van der Waals surface area contributed by atoms with Crippen LogP contribution >= 0.6 is 0 Å². The van der Waals surface area contributed by atoms with Crippen LogP contribution in [0.25, 0.3) is 0 Å². The fraction of sp³-hybridized carbons (Fsp3) is 0.273. The number of rotatable bonds is 5. The molecule has 5 nitrogen and oxygen atoms in total. The van der Waals surface area contributed by atoms with Crippen LogP contribution in [-0.4, -0.2) is 47.3 Å². The summed E-state index contributed by atoms with van der Waals surface area (Å²) >= 11 is 0. The molecule has 0 aromatic heterocycles. The Bertz CT molecular complexity index is 819. The Morgan fingerprint density at radius 2 is 1.93 bits per heavy atom. The molecular formula is C22H24N2O3. The number of amides is 2. The van der Waals surface area contributed by atoms with Gasteiger partial charge in [-0.25, -0.2) is 0 Å². The van der Waals surface area contributed by atoms with Gasteiger partial charge in [0.25, 0.3) is 5.91 Å². The predicted molar refractivity (Wildman–Crippen MR) is 104 cm³/mol. The second kappa shape index (κ2) is 8.54. The molecule has 0 unspecified atom stereocenters. The molecule has 0 radical (unpaired) electrons. The van der Waals surface area contributed by atoms with E-state index in [2.05, 4.69) is 6.58 Å². The second-order valence-electron chi connectivity index (χ2n) is 6.64. The monoisotopic (exact) mass is 364 g/mol. The van der Waals surface area contributed by atoms with Gasteiger partial charge in [-0.2, -0.15) is 0 Å². The number of benzene rings is 2. The summed E-state index contributed by atoms with van der Waals surface area (Å²) < 4.78 is 5.82. The van der Waals surface area contributed by atoms with E-state index in [9.17, 15) is 9.59 Å². The van der Waals surface area contributed by atoms with Crippen LogP contribution in [0.4, 0.5) is 0 Å². The lowest BCUT2D eigenvalue weighted by molar-refractivity contribution is -0.129. The second-order valence-corrected chi connectivity index (χ2v) is 6.64. The Hall–Kier alpha value is -3.08. The minimum absolute atomic E-state index is 0.0364. The van der Waals surface area contributed by atoms with E-state index in [-0.39, 0.29) is 17.9 Å². The topological polar surface area (TPSA) is 49.9 Å². The van der Waals surface area contributed by atoms with Crippen LogP contribution in [0.15, 0.2) is 67.3 Å². The van der Waals surface area contributed by atoms with Crippen LogP contribution in [0.1, 0.15) is 22.8 Å². The summed E-state index contributed by atoms with van der Waals surface area (Å²) in [6.07, 6.45) is 1.32. The van der Waals surface area contributed by atoms with Gasteiger partial charge >= 0.3 is 0 Å². The van der Waals surface area contributed by atoms with E-state index in [4.69, 9.17) is 4.74 Å². The van der Waals surface area contributed by atoms with Gasteiger partial charge < -0.3 is 14.5 Å². The molecule has 3 rings (SSSR count). The van der Waals surface area contributed by atoms with Gasteiger partial charge in [-0.05, 0) is 36.8 Å². The Kier molecular flexibility index (Phi) is 5.91. The third kappa shape index (κ3) is 4.56. The Morgan fingerprint density at radius 3 is 2.63 bits per heavy atom. The molecule has 2 aromatic rings. The van der Waals surface area contributed by atoms with Crippen molar-refractivity contribution in [3.63, 3.8) is 0 Å². The molecule has 0 N–H and O–H groups in total. The largest absolute Gasteiger partial charge is 0.489 e. The Morgan fingerprint density at radius 1 is 1.15 bits per heavy atom. The van der Waals surface area contributed by atoms with Gasteiger partial charge in [-0.3, -0.25) is 9.59 Å². The molecule has 27 heavy (non-hydrogen) atoms. The molecule has 2 amide bonds. The SMILES string of the molecule is C=CC(=O)N1CCN(C(=O)c2cccc(OCc3ccccc3)c2)C[C@H]1C. The van der Waals surface area contributed by atoms with Crippen LogP contribution in [0.3, 0.4) is 0 Å². The Labute approximate surface area is 159 Å². The van der Waals surface area contributed by atoms with Crippen molar-refractivity contribution in [3.05, 3.63) is 78.4 Å². The number of carbonyl (C=O) groups excluding carboxylic acids is 2. The zero-order valence-electron chi connectivity index (χ0n) is 15.5. The van der Waals surface area contributed by atoms with Crippen LogP contribution in [0, 0.1) is 0 Å². The molecule has 1 fully saturated rings. The number of nitrogens with zero attached hydrogens (tertiary/aromatic N) is 2. The van der Waals surface area contributed by atoms with Crippen molar-refractivity contribution in [2.45, 2.75) is 19.6 Å². The van der Waals surface area contributed by atoms with Gasteiger partial charge in [0.05, 0.1) is 0 Å². The molecule has 0 aliphatic carbocycles. The van der Waals surface area contributed by atoms with Crippen molar-refractivity contribution >= 4 is 11.8 Å². The molecule has 140 valence electrons. The highest BCUT2D eigenvalue weighted by atomic mass is 16.5. The van der Waals surface area contributed by atoms with Crippen molar-refractivity contribution < 1.29 is 14.3 Å². The Balaban J connectivity index is 1.63. The normalized spacial score (nSPS) is 16.7. The van der Waals surface area contributed by atoms with E-state index in [1.54, 1.807) is 21.9 Å². The van der Waals surface area contributed by atoms with Crippen LogP contribution in [-0.2, 0) is 11.4 Å². The molecule has 5 heteroatoms. The van der Waals surface area contributed by atoms with Crippen LogP contribution in [0.5, 0.6) is 5.75 Å². The van der Waals surface area contributed by atoms with E-state index >= 15 is 0 Å². The minimum Gasteiger partial charge on any atom is -0.489 e. The molecule has 0 bridgehead atoms. The third-order valence-electron chi connectivity index (χ3n) is 4.70. The highest BCUT2D eigenvalue weighted by Gasteiger charge is 2.29. The first-order valence-electron chi connectivity index (χ1n) is 9.07. The summed E-state index contributed by atoms with van der Waals surface area (Å²) in [7, 11) is 0. The molecule has 1 aliphatic rings. The maximum Gasteiger partial charge on any atom is 0.254 e. The lowest BCUT2D eigenvalue weighted by Gasteiger charge is -2.39. The first-order valence-corrected chi connectivity index (χ1v) is 9.07. The molecule has 1 saturated heterocycles. The number of hydrogen-bond donors (Lipinski definition) is 0. The summed E-state index contributed by atoms with van der Waals surface area (Å²) in [6, 6.07) is 17.1. The van der Waals surface area contributed by atoms with Crippen molar-refractivity contribution in [2.75, 3.05) is 19.6 Å². The van der Waals surface area contributed by atoms with Crippen molar-refractivity contribution in [1.82, 2.24) is 9.80 Å². The standard InChI is InChI=1S/C22H24N2O3/c1-3-21(25)24-13-12-23(15-17(24)2)22(26)19-10-7-11-20(14-19)27-16-18-8-5-4-6-9-18/h3-11,14,17H,1,12-13,15-16H2,2H3/t17-/m1/s1. The van der Waals surface area contributed by atoms with E-state index in [0.717, 1.165) is 5.56 Å². The van der Waals surface area contributed by atoms with E-state index in [1.165, 1.54) is 6.08 Å². The summed E-state index contributed by atoms with van der Waals surface area (Å²) in [5, 5.41) is 0. The van der Waals surface area contributed by atoms with Crippen LogP contribution < -0.4 is 4.74 Å². The molecule has 1 aliphatic heterocycles. The molecular weight excluding hydrogens is 340 g/mol. The summed E-state index contributed by atoms with van der Waals surface area (Å²) in [5.74, 6) is 0.529. The average Bonchev–Trinajstić information content (AvgIpc) is 2.72. The zero-order chi connectivity index (χ0) is 19.2. The van der Waals surface area contributed by atoms with Gasteiger partial charge in [-0.1, -0.05) is 43.0 Å². The smallest absolute Gasteiger partial charge is 0.254 e. The average molecular weight is 364 g/mol. The van der Waals surface area contributed by atoms with E-state index < -0.39 is 0 Å². The number of piperazine rings is 1. The van der Waals surface area contributed by atoms with Gasteiger partial charge in [-0.15, -0.1) is 0 Å². The zero-order valence-corrected chi connectivity index (χ0v) is 15.5. The predicted octanol–water partition coefficient (Wildman–Crippen LogP) is 3.12. The summed E-state index contributed by atoms with van der Waals surface area (Å²) in [6.45, 7) is 7.47. The van der Waals surface area contributed by atoms with E-state index in [1.807, 2.05) is 49.4 Å². The maximum absolute atomic E-state index is 12.9. The molecule has 2 aromatic carbocycles. The van der Waals surface area contributed by atoms with Crippen LogP contribution in [0.2, 0.25) is 0 Å². The fourth-order valence-corrected chi connectivity index (χ4v) is 3.23. The quantitative estimate of drug-likeness (QED) is 0.766. The molecule has 1 heterocycles. The third-order valence-corrected chi connectivity index (χ3v) is 4.70. The van der Waals surface area contributed by atoms with E-state index in [0.29, 0.717) is 37.6 Å². The first-order chi connectivity index (χ1) is 13.1. The van der Waals surface area contributed by atoms with Crippen molar-refractivity contribution in [1.29, 1.82) is 0 Å². The van der Waals surface area contributed by atoms with Gasteiger partial charge in [0.1, 0.15) is 12.4 Å². The highest BCUT2D eigenvalue weighted by Crippen LogP contribution is 2.19. The van der Waals surface area contributed by atoms with Gasteiger partial charge in [0.2, 0.25) is 5.91 Å². The molecule has 0 spiro atoms. The van der Waals surface area contributed by atoms with Crippen molar-refractivity contribution in [3.8, 4) is 5.75 Å². The first kappa shape index (κ1) is 18.7. The lowest BCUT2D eigenvalue weighted by atomic mass is 10.1. The maximum atomic E-state index is 12.9. The van der Waals surface area contributed by atoms with Gasteiger partial charge in [0.15, 0.2) is 0 Å². The highest BCUT2D eigenvalue weighted by molar-refractivity contribution is 5.95. The summed E-state index contributed by atoms with van der Waals surface area (Å²) in [5.41, 5.74) is 1.67. The van der Waals surface area contributed by atoms with Gasteiger partial charge in [0, 0.05) is 31.2 Å². The number of hydrogen-bond acceptors (Lipinski definition) is 3. The van der Waals surface area contributed by atoms with Crippen molar-refractivity contribution in [2.24, 2.45) is 0 Å². The fourth-order valence-electron chi connectivity index (χ4n) is 3.23. The summed E-state index contributed by atoms with van der Waals surface area (Å²) in [4.78, 5) is 28.2. The minimum atomic E-state index is -0.0918. The number of ether oxygens (including phenoxy) is 1. The molecule has 1 atom stereocenters. The lowest BCUT2D eigenvalue weighted by Crippen LogP contribution is -2.55. The molecule has 0 saturated carbocycles.